The molecule has 0 radical (unpaired) electrons. The van der Waals surface area contributed by atoms with Crippen molar-refractivity contribution in [2.45, 2.75) is 6.92 Å². The van der Waals surface area contributed by atoms with Crippen molar-refractivity contribution >= 4 is 23.5 Å². The summed E-state index contributed by atoms with van der Waals surface area (Å²) in [5, 5.41) is 11.5. The SMILES string of the molecule is CCNC(=O)COc1c(Cl)cc(C(=O)O)cc1OC. The summed E-state index contributed by atoms with van der Waals surface area (Å²) in [7, 11) is 1.36. The first-order valence-corrected chi connectivity index (χ1v) is 5.87. The smallest absolute Gasteiger partial charge is 0.335 e. The lowest BCUT2D eigenvalue weighted by Gasteiger charge is -2.12. The monoisotopic (exact) mass is 287 g/mol. The highest BCUT2D eigenvalue weighted by molar-refractivity contribution is 6.32. The highest BCUT2D eigenvalue weighted by Gasteiger charge is 2.16. The summed E-state index contributed by atoms with van der Waals surface area (Å²) in [4.78, 5) is 22.2. The Labute approximate surface area is 115 Å². The number of hydrogen-bond acceptors (Lipinski definition) is 4. The van der Waals surface area contributed by atoms with Gasteiger partial charge in [0.1, 0.15) is 0 Å². The topological polar surface area (TPSA) is 84.9 Å². The molecule has 0 bridgehead atoms. The molecule has 0 aliphatic heterocycles. The third kappa shape index (κ3) is 4.03. The second-order valence-corrected chi connectivity index (χ2v) is 3.94. The number of likely N-dealkylation sites (N-methyl/N-ethyl adjacent to an activating group) is 1. The van der Waals surface area contributed by atoms with Crippen LogP contribution in [0.4, 0.5) is 0 Å². The summed E-state index contributed by atoms with van der Waals surface area (Å²) in [5.41, 5.74) is -0.0211. The molecule has 0 heterocycles. The first kappa shape index (κ1) is 15.1. The Morgan fingerprint density at radius 3 is 2.63 bits per heavy atom. The van der Waals surface area contributed by atoms with Gasteiger partial charge in [-0.15, -0.1) is 0 Å². The van der Waals surface area contributed by atoms with Crippen LogP contribution in [0.25, 0.3) is 0 Å². The van der Waals surface area contributed by atoms with Crippen molar-refractivity contribution in [2.75, 3.05) is 20.3 Å². The fourth-order valence-electron chi connectivity index (χ4n) is 1.37. The molecule has 2 N–H and O–H groups in total. The Kier molecular flexibility index (Phi) is 5.44. The number of rotatable bonds is 6. The van der Waals surface area contributed by atoms with Crippen LogP contribution in [0, 0.1) is 0 Å². The molecule has 19 heavy (non-hydrogen) atoms. The fourth-order valence-corrected chi connectivity index (χ4v) is 1.63. The van der Waals surface area contributed by atoms with Crippen molar-refractivity contribution < 1.29 is 24.2 Å². The van der Waals surface area contributed by atoms with Crippen LogP contribution >= 0.6 is 11.6 Å². The van der Waals surface area contributed by atoms with Crippen LogP contribution in [0.5, 0.6) is 11.5 Å². The van der Waals surface area contributed by atoms with Gasteiger partial charge in [0, 0.05) is 6.54 Å². The number of carboxylic acid groups (broad SMARTS) is 1. The van der Waals surface area contributed by atoms with E-state index in [0.29, 0.717) is 6.54 Å². The van der Waals surface area contributed by atoms with E-state index in [1.54, 1.807) is 6.92 Å². The van der Waals surface area contributed by atoms with Gasteiger partial charge in [-0.3, -0.25) is 4.79 Å². The van der Waals surface area contributed by atoms with Crippen LogP contribution < -0.4 is 14.8 Å². The summed E-state index contributed by atoms with van der Waals surface area (Å²) in [5.74, 6) is -1.13. The molecule has 0 fully saturated rings. The van der Waals surface area contributed by atoms with Gasteiger partial charge in [-0.2, -0.15) is 0 Å². The summed E-state index contributed by atoms with van der Waals surface area (Å²) in [6, 6.07) is 2.51. The van der Waals surface area contributed by atoms with Crippen molar-refractivity contribution in [1.29, 1.82) is 0 Å². The highest BCUT2D eigenvalue weighted by atomic mass is 35.5. The molecule has 0 spiro atoms. The van der Waals surface area contributed by atoms with Crippen LogP contribution in [0.1, 0.15) is 17.3 Å². The van der Waals surface area contributed by atoms with E-state index < -0.39 is 5.97 Å². The van der Waals surface area contributed by atoms with Gasteiger partial charge in [-0.25, -0.2) is 4.79 Å². The largest absolute Gasteiger partial charge is 0.493 e. The first-order valence-electron chi connectivity index (χ1n) is 5.49. The fraction of sp³-hybridized carbons (Fsp3) is 0.333. The van der Waals surface area contributed by atoms with Crippen molar-refractivity contribution in [1.82, 2.24) is 5.32 Å². The predicted molar refractivity (Wildman–Crippen MR) is 69.1 cm³/mol. The summed E-state index contributed by atoms with van der Waals surface area (Å²) in [6.07, 6.45) is 0. The number of carbonyl (C=O) groups is 2. The molecule has 0 atom stereocenters. The number of nitrogens with one attached hydrogen (secondary N) is 1. The molecular formula is C12H14ClNO5. The van der Waals surface area contributed by atoms with Crippen LogP contribution in [-0.2, 0) is 4.79 Å². The van der Waals surface area contributed by atoms with Crippen LogP contribution in [0.15, 0.2) is 12.1 Å². The maximum absolute atomic E-state index is 11.3. The first-order chi connectivity index (χ1) is 8.99. The summed E-state index contributed by atoms with van der Waals surface area (Å²) >= 11 is 5.92. The Morgan fingerprint density at radius 1 is 1.42 bits per heavy atom. The number of halogens is 1. The summed E-state index contributed by atoms with van der Waals surface area (Å²) < 4.78 is 10.3. The number of benzene rings is 1. The average molecular weight is 288 g/mol. The molecule has 104 valence electrons. The van der Waals surface area contributed by atoms with Gasteiger partial charge in [0.2, 0.25) is 0 Å². The second-order valence-electron chi connectivity index (χ2n) is 3.54. The van der Waals surface area contributed by atoms with Crippen molar-refractivity contribution in [3.05, 3.63) is 22.7 Å². The quantitative estimate of drug-likeness (QED) is 0.829. The zero-order chi connectivity index (χ0) is 14.4. The molecule has 0 aliphatic rings. The van der Waals surface area contributed by atoms with Gasteiger partial charge < -0.3 is 19.9 Å². The molecule has 7 heteroatoms. The lowest BCUT2D eigenvalue weighted by molar-refractivity contribution is -0.123. The minimum Gasteiger partial charge on any atom is -0.493 e. The molecule has 6 nitrogen and oxygen atoms in total. The molecule has 0 saturated heterocycles. The van der Waals surface area contributed by atoms with Crippen LogP contribution in [0.2, 0.25) is 5.02 Å². The van der Waals surface area contributed by atoms with E-state index in [4.69, 9.17) is 26.2 Å². The lowest BCUT2D eigenvalue weighted by atomic mass is 10.2. The van der Waals surface area contributed by atoms with Crippen molar-refractivity contribution in [3.63, 3.8) is 0 Å². The Hall–Kier alpha value is -1.95. The maximum Gasteiger partial charge on any atom is 0.335 e. The molecule has 0 saturated carbocycles. The minimum absolute atomic E-state index is 0.0211. The van der Waals surface area contributed by atoms with E-state index in [1.807, 2.05) is 0 Å². The second kappa shape index (κ2) is 6.84. The molecule has 0 aromatic heterocycles. The number of hydrogen-bond donors (Lipinski definition) is 2. The normalized spacial score (nSPS) is 9.84. The lowest BCUT2D eigenvalue weighted by Crippen LogP contribution is -2.28. The molecule has 0 unspecified atom stereocenters. The number of aromatic carboxylic acids is 1. The number of carbonyl (C=O) groups excluding carboxylic acids is 1. The predicted octanol–water partition coefficient (Wildman–Crippen LogP) is 1.56. The Balaban J connectivity index is 2.94. The Bertz CT molecular complexity index is 489. The van der Waals surface area contributed by atoms with Gasteiger partial charge in [0.25, 0.3) is 5.91 Å². The van der Waals surface area contributed by atoms with Crippen molar-refractivity contribution in [2.24, 2.45) is 0 Å². The Morgan fingerprint density at radius 2 is 2.11 bits per heavy atom. The molecule has 1 rings (SSSR count). The highest BCUT2D eigenvalue weighted by Crippen LogP contribution is 2.36. The number of methoxy groups -OCH3 is 1. The van der Waals surface area contributed by atoms with Crippen molar-refractivity contribution in [3.8, 4) is 11.5 Å². The van der Waals surface area contributed by atoms with E-state index >= 15 is 0 Å². The summed E-state index contributed by atoms with van der Waals surface area (Å²) in [6.45, 7) is 2.05. The number of amides is 1. The molecule has 0 aliphatic carbocycles. The zero-order valence-corrected chi connectivity index (χ0v) is 11.3. The third-order valence-electron chi connectivity index (χ3n) is 2.20. The molecular weight excluding hydrogens is 274 g/mol. The zero-order valence-electron chi connectivity index (χ0n) is 10.5. The van der Waals surface area contributed by atoms with E-state index in [1.165, 1.54) is 19.2 Å². The third-order valence-corrected chi connectivity index (χ3v) is 2.48. The van der Waals surface area contributed by atoms with E-state index in [9.17, 15) is 9.59 Å². The number of ether oxygens (including phenoxy) is 2. The van der Waals surface area contributed by atoms with Crippen LogP contribution in [0.3, 0.4) is 0 Å². The maximum atomic E-state index is 11.3. The molecule has 1 aromatic carbocycles. The van der Waals surface area contributed by atoms with E-state index in [2.05, 4.69) is 5.32 Å². The van der Waals surface area contributed by atoms with Crippen LogP contribution in [-0.4, -0.2) is 37.2 Å². The van der Waals surface area contributed by atoms with Gasteiger partial charge >= 0.3 is 5.97 Å². The van der Waals surface area contributed by atoms with Gasteiger partial charge in [0.05, 0.1) is 17.7 Å². The van der Waals surface area contributed by atoms with Gasteiger partial charge in [0.15, 0.2) is 18.1 Å². The van der Waals surface area contributed by atoms with Gasteiger partial charge in [-0.05, 0) is 19.1 Å². The number of carboxylic acids is 1. The molecule has 1 amide bonds. The van der Waals surface area contributed by atoms with E-state index in [0.717, 1.165) is 0 Å². The van der Waals surface area contributed by atoms with E-state index in [-0.39, 0.29) is 34.6 Å². The molecule has 1 aromatic rings. The standard InChI is InChI=1S/C12H14ClNO5/c1-3-14-10(15)6-19-11-8(13)4-7(12(16)17)5-9(11)18-2/h4-5H,3,6H2,1-2H3,(H,14,15)(H,16,17). The van der Waals surface area contributed by atoms with Gasteiger partial charge in [-0.1, -0.05) is 11.6 Å². The average Bonchev–Trinajstić information content (AvgIpc) is 2.36. The minimum atomic E-state index is -1.13.